The van der Waals surface area contributed by atoms with E-state index in [1.807, 2.05) is 6.07 Å². The summed E-state index contributed by atoms with van der Waals surface area (Å²) in [5, 5.41) is 9.13. The molecule has 2 heterocycles. The molecule has 1 aromatic carbocycles. The minimum atomic E-state index is -3.57. The Morgan fingerprint density at radius 2 is 1.95 bits per heavy atom. The van der Waals surface area contributed by atoms with Crippen LogP contribution >= 0.6 is 0 Å². The lowest BCUT2D eigenvalue weighted by Gasteiger charge is -2.43. The van der Waals surface area contributed by atoms with E-state index in [2.05, 4.69) is 4.90 Å². The number of hydrogen-bond donors (Lipinski definition) is 0. The molecule has 1 aromatic rings. The zero-order valence-electron chi connectivity index (χ0n) is 11.9. The second kappa shape index (κ2) is 5.76. The third-order valence-electron chi connectivity index (χ3n) is 4.43. The second-order valence-electron chi connectivity index (χ2n) is 5.66. The lowest BCUT2D eigenvalue weighted by molar-refractivity contribution is 0.0851. The summed E-state index contributed by atoms with van der Waals surface area (Å²) < 4.78 is 27.1. The molecule has 0 aromatic heterocycles. The molecule has 0 amide bonds. The van der Waals surface area contributed by atoms with E-state index in [1.54, 1.807) is 22.5 Å². The summed E-state index contributed by atoms with van der Waals surface area (Å²) in [6.45, 7) is 2.92. The third-order valence-corrected chi connectivity index (χ3v) is 6.35. The summed E-state index contributed by atoms with van der Waals surface area (Å²) in [4.78, 5) is 2.53. The maximum Gasteiger partial charge on any atom is 0.244 e. The van der Waals surface area contributed by atoms with Gasteiger partial charge in [0.15, 0.2) is 0 Å². The minimum absolute atomic E-state index is 0.136. The van der Waals surface area contributed by atoms with Crippen molar-refractivity contribution in [2.24, 2.45) is 0 Å². The van der Waals surface area contributed by atoms with Crippen molar-refractivity contribution >= 4 is 10.0 Å². The average Bonchev–Trinajstić information content (AvgIpc) is 2.54. The molecule has 3 rings (SSSR count). The number of benzene rings is 1. The van der Waals surface area contributed by atoms with Crippen molar-refractivity contribution in [2.75, 3.05) is 26.2 Å². The molecule has 5 nitrogen and oxygen atoms in total. The van der Waals surface area contributed by atoms with Gasteiger partial charge in [0.05, 0.1) is 10.5 Å². The monoisotopic (exact) mass is 305 g/mol. The Balaban J connectivity index is 1.87. The van der Waals surface area contributed by atoms with E-state index in [0.717, 1.165) is 19.5 Å². The quantitative estimate of drug-likeness (QED) is 0.829. The van der Waals surface area contributed by atoms with Crippen LogP contribution in [0.3, 0.4) is 0 Å². The minimum Gasteiger partial charge on any atom is -0.298 e. The third kappa shape index (κ3) is 2.69. The number of nitrogens with zero attached hydrogens (tertiary/aromatic N) is 3. The van der Waals surface area contributed by atoms with Gasteiger partial charge in [0.25, 0.3) is 0 Å². The van der Waals surface area contributed by atoms with Crippen molar-refractivity contribution in [3.63, 3.8) is 0 Å². The van der Waals surface area contributed by atoms with E-state index in [9.17, 15) is 8.42 Å². The van der Waals surface area contributed by atoms with Crippen LogP contribution in [0.2, 0.25) is 0 Å². The molecule has 2 aliphatic rings. The Morgan fingerprint density at radius 3 is 2.76 bits per heavy atom. The number of piperidine rings is 1. The maximum absolute atomic E-state index is 12.8. The van der Waals surface area contributed by atoms with Crippen molar-refractivity contribution < 1.29 is 8.42 Å². The van der Waals surface area contributed by atoms with Gasteiger partial charge < -0.3 is 0 Å². The Morgan fingerprint density at radius 1 is 1.14 bits per heavy atom. The first-order valence-electron chi connectivity index (χ1n) is 7.36. The van der Waals surface area contributed by atoms with Gasteiger partial charge in [-0.25, -0.2) is 8.42 Å². The van der Waals surface area contributed by atoms with Gasteiger partial charge in [-0.05, 0) is 31.5 Å². The number of sulfonamides is 1. The molecule has 21 heavy (non-hydrogen) atoms. The molecule has 0 aliphatic carbocycles. The number of rotatable bonds is 2. The number of fused-ring (bicyclic) bond motifs is 1. The molecule has 0 spiro atoms. The van der Waals surface area contributed by atoms with Crippen molar-refractivity contribution in [1.82, 2.24) is 9.21 Å². The number of hydrogen-bond acceptors (Lipinski definition) is 4. The van der Waals surface area contributed by atoms with Gasteiger partial charge in [0.1, 0.15) is 6.07 Å². The molecular formula is C15H19N3O2S. The molecule has 0 bridgehead atoms. The van der Waals surface area contributed by atoms with Gasteiger partial charge in [-0.15, -0.1) is 0 Å². The molecule has 0 N–H and O–H groups in total. The molecule has 1 unspecified atom stereocenters. The maximum atomic E-state index is 12.8. The van der Waals surface area contributed by atoms with Crippen LogP contribution in [0, 0.1) is 11.3 Å². The van der Waals surface area contributed by atoms with Gasteiger partial charge in [0, 0.05) is 25.7 Å². The fraction of sp³-hybridized carbons (Fsp3) is 0.533. The van der Waals surface area contributed by atoms with Crippen LogP contribution in [0.1, 0.15) is 24.8 Å². The molecule has 2 aliphatic heterocycles. The zero-order chi connectivity index (χ0) is 14.9. The summed E-state index contributed by atoms with van der Waals surface area (Å²) in [7, 11) is -3.57. The predicted molar refractivity (Wildman–Crippen MR) is 79.1 cm³/mol. The van der Waals surface area contributed by atoms with Gasteiger partial charge in [0.2, 0.25) is 10.0 Å². The van der Waals surface area contributed by atoms with Crippen LogP contribution < -0.4 is 0 Å². The van der Waals surface area contributed by atoms with Crippen LogP contribution in [-0.2, 0) is 10.0 Å². The van der Waals surface area contributed by atoms with E-state index in [4.69, 9.17) is 5.26 Å². The highest BCUT2D eigenvalue weighted by Crippen LogP contribution is 2.26. The summed E-state index contributed by atoms with van der Waals surface area (Å²) in [6.07, 6.45) is 3.44. The highest BCUT2D eigenvalue weighted by atomic mass is 32.2. The topological polar surface area (TPSA) is 64.4 Å². The first-order chi connectivity index (χ1) is 10.1. The first-order valence-corrected chi connectivity index (χ1v) is 8.80. The normalized spacial score (nSPS) is 24.2. The van der Waals surface area contributed by atoms with E-state index in [0.29, 0.717) is 19.1 Å². The fourth-order valence-electron chi connectivity index (χ4n) is 3.27. The van der Waals surface area contributed by atoms with Crippen LogP contribution in [0.25, 0.3) is 0 Å². The van der Waals surface area contributed by atoms with Crippen LogP contribution in [0.15, 0.2) is 29.2 Å². The lowest BCUT2D eigenvalue weighted by atomic mass is 10.0. The van der Waals surface area contributed by atoms with Gasteiger partial charge in [-0.2, -0.15) is 9.57 Å². The smallest absolute Gasteiger partial charge is 0.244 e. The second-order valence-corrected chi connectivity index (χ2v) is 7.56. The first kappa shape index (κ1) is 14.5. The molecule has 1 atom stereocenters. The lowest BCUT2D eigenvalue weighted by Crippen LogP contribution is -2.56. The standard InChI is InChI=1S/C15H19N3O2S/c16-11-13-5-1-2-7-15(13)21(19,20)18-10-9-17-8-4-3-6-14(17)12-18/h1-2,5,7,14H,3-4,6,8-10,12H2. The Labute approximate surface area is 125 Å². The van der Waals surface area contributed by atoms with Crippen LogP contribution in [0.4, 0.5) is 0 Å². The molecule has 6 heteroatoms. The molecule has 2 fully saturated rings. The Hall–Kier alpha value is -1.42. The van der Waals surface area contributed by atoms with Gasteiger partial charge >= 0.3 is 0 Å². The van der Waals surface area contributed by atoms with Crippen molar-refractivity contribution in [3.8, 4) is 6.07 Å². The van der Waals surface area contributed by atoms with E-state index >= 15 is 0 Å². The molecule has 2 saturated heterocycles. The highest BCUT2D eigenvalue weighted by molar-refractivity contribution is 7.89. The fourth-order valence-corrected chi connectivity index (χ4v) is 4.88. The Kier molecular flexibility index (Phi) is 3.98. The molecule has 112 valence electrons. The summed E-state index contributed by atoms with van der Waals surface area (Å²) in [6, 6.07) is 8.76. The summed E-state index contributed by atoms with van der Waals surface area (Å²) in [5.74, 6) is 0. The van der Waals surface area contributed by atoms with Gasteiger partial charge in [-0.3, -0.25) is 4.90 Å². The van der Waals surface area contributed by atoms with Gasteiger partial charge in [-0.1, -0.05) is 18.6 Å². The molecule has 0 saturated carbocycles. The molecule has 0 radical (unpaired) electrons. The average molecular weight is 305 g/mol. The zero-order valence-corrected chi connectivity index (χ0v) is 12.7. The van der Waals surface area contributed by atoms with Crippen LogP contribution in [-0.4, -0.2) is 49.8 Å². The van der Waals surface area contributed by atoms with Crippen LogP contribution in [0.5, 0.6) is 0 Å². The summed E-state index contributed by atoms with van der Waals surface area (Å²) >= 11 is 0. The van der Waals surface area contributed by atoms with Crippen molar-refractivity contribution in [1.29, 1.82) is 5.26 Å². The van der Waals surface area contributed by atoms with E-state index in [-0.39, 0.29) is 10.5 Å². The predicted octanol–water partition coefficient (Wildman–Crippen LogP) is 1.42. The summed E-state index contributed by atoms with van der Waals surface area (Å²) in [5.41, 5.74) is 0.226. The van der Waals surface area contributed by atoms with E-state index < -0.39 is 10.0 Å². The van der Waals surface area contributed by atoms with E-state index in [1.165, 1.54) is 18.9 Å². The van der Waals surface area contributed by atoms with Crippen molar-refractivity contribution in [2.45, 2.75) is 30.2 Å². The SMILES string of the molecule is N#Cc1ccccc1S(=O)(=O)N1CCN2CCCCC2C1. The highest BCUT2D eigenvalue weighted by Gasteiger charge is 2.35. The van der Waals surface area contributed by atoms with Crippen molar-refractivity contribution in [3.05, 3.63) is 29.8 Å². The number of nitriles is 1. The largest absolute Gasteiger partial charge is 0.298 e. The Bertz CT molecular complexity index is 666. The number of piperazine rings is 1. The molecular weight excluding hydrogens is 286 g/mol.